The van der Waals surface area contributed by atoms with Crippen LogP contribution < -0.4 is 0 Å². The van der Waals surface area contributed by atoms with Gasteiger partial charge in [0, 0.05) is 32.7 Å². The van der Waals surface area contributed by atoms with Gasteiger partial charge in [0.1, 0.15) is 5.69 Å². The molecule has 0 spiro atoms. The van der Waals surface area contributed by atoms with Gasteiger partial charge in [0.15, 0.2) is 5.82 Å². The summed E-state index contributed by atoms with van der Waals surface area (Å²) in [6, 6.07) is 1.43. The van der Waals surface area contributed by atoms with Crippen molar-refractivity contribution in [2.75, 3.05) is 14.1 Å². The van der Waals surface area contributed by atoms with E-state index < -0.39 is 10.3 Å². The van der Waals surface area contributed by atoms with E-state index in [1.54, 1.807) is 14.1 Å². The molecule has 9 nitrogen and oxygen atoms in total. The van der Waals surface area contributed by atoms with Gasteiger partial charge in [-0.1, -0.05) is 0 Å². The van der Waals surface area contributed by atoms with Crippen molar-refractivity contribution in [3.05, 3.63) is 29.9 Å². The molecule has 0 saturated heterocycles. The lowest BCUT2D eigenvalue weighted by molar-refractivity contribution is -0.115. The van der Waals surface area contributed by atoms with Crippen molar-refractivity contribution in [3.63, 3.8) is 0 Å². The smallest absolute Gasteiger partial charge is 0.351 e. The Labute approximate surface area is 126 Å². The van der Waals surface area contributed by atoms with Crippen molar-refractivity contribution in [2.24, 2.45) is 0 Å². The van der Waals surface area contributed by atoms with Crippen molar-refractivity contribution >= 4 is 28.3 Å². The standard InChI is InChI=1S/C7H5ClN4O3S.C3H7NO/c8-7-10-2-1-5(11-7)6-9-3-4-12(6)16(13,14)15;1-4(2)3-5/h1-4H,(H,13,14,15);3H,1-2H3. The Morgan fingerprint density at radius 2 is 1.95 bits per heavy atom. The second-order valence-corrected chi connectivity index (χ2v) is 5.43. The number of nitrogens with zero attached hydrogens (tertiary/aromatic N) is 5. The van der Waals surface area contributed by atoms with Gasteiger partial charge in [0.2, 0.25) is 11.7 Å². The van der Waals surface area contributed by atoms with Crippen molar-refractivity contribution in [3.8, 4) is 11.5 Å². The summed E-state index contributed by atoms with van der Waals surface area (Å²) < 4.78 is 31.4. The Morgan fingerprint density at radius 1 is 1.33 bits per heavy atom. The van der Waals surface area contributed by atoms with E-state index in [0.717, 1.165) is 12.6 Å². The van der Waals surface area contributed by atoms with Crippen LogP contribution in [0.1, 0.15) is 0 Å². The Morgan fingerprint density at radius 3 is 2.43 bits per heavy atom. The van der Waals surface area contributed by atoms with Crippen LogP contribution in [-0.4, -0.2) is 57.3 Å². The first-order valence-electron chi connectivity index (χ1n) is 5.37. The number of hydrogen-bond donors (Lipinski definition) is 1. The highest BCUT2D eigenvalue weighted by Gasteiger charge is 2.16. The molecule has 2 aromatic heterocycles. The number of aromatic nitrogens is 4. The van der Waals surface area contributed by atoms with Crippen LogP contribution in [-0.2, 0) is 15.1 Å². The van der Waals surface area contributed by atoms with Crippen molar-refractivity contribution < 1.29 is 17.8 Å². The van der Waals surface area contributed by atoms with Gasteiger partial charge in [0.05, 0.1) is 0 Å². The SMILES string of the molecule is CN(C)C=O.O=S(=O)(O)n1ccnc1-c1ccnc(Cl)n1. The van der Waals surface area contributed by atoms with Gasteiger partial charge in [0.25, 0.3) is 0 Å². The lowest BCUT2D eigenvalue weighted by Crippen LogP contribution is -2.11. The first-order chi connectivity index (χ1) is 9.75. The quantitative estimate of drug-likeness (QED) is 0.489. The maximum absolute atomic E-state index is 11.0. The van der Waals surface area contributed by atoms with Crippen LogP contribution in [0.4, 0.5) is 0 Å². The average molecular weight is 334 g/mol. The zero-order valence-corrected chi connectivity index (χ0v) is 12.7. The summed E-state index contributed by atoms with van der Waals surface area (Å²) in [6.07, 6.45) is 4.42. The molecule has 0 unspecified atom stereocenters. The van der Waals surface area contributed by atoms with E-state index in [1.165, 1.54) is 23.4 Å². The molecule has 0 fully saturated rings. The molecule has 2 rings (SSSR count). The zero-order valence-electron chi connectivity index (χ0n) is 11.1. The maximum atomic E-state index is 11.0. The van der Waals surface area contributed by atoms with Crippen LogP contribution in [0.3, 0.4) is 0 Å². The fourth-order valence-electron chi connectivity index (χ4n) is 1.12. The number of halogens is 1. The van der Waals surface area contributed by atoms with Gasteiger partial charge >= 0.3 is 10.3 Å². The van der Waals surface area contributed by atoms with Crippen LogP contribution in [0.15, 0.2) is 24.7 Å². The molecule has 0 aliphatic heterocycles. The van der Waals surface area contributed by atoms with Gasteiger partial charge in [-0.25, -0.2) is 18.9 Å². The fourth-order valence-corrected chi connectivity index (χ4v) is 1.83. The molecular formula is C10H12ClN5O4S. The van der Waals surface area contributed by atoms with Gasteiger partial charge in [-0.3, -0.25) is 9.35 Å². The predicted octanol–water partition coefficient (Wildman–Crippen LogP) is 0.349. The fraction of sp³-hybridized carbons (Fsp3) is 0.200. The molecule has 0 aliphatic rings. The normalized spacial score (nSPS) is 10.5. The Hall–Kier alpha value is -2.04. The third kappa shape index (κ3) is 5.10. The van der Waals surface area contributed by atoms with E-state index in [0.29, 0.717) is 3.97 Å². The minimum absolute atomic E-state index is 0.0354. The molecule has 1 N–H and O–H groups in total. The highest BCUT2D eigenvalue weighted by atomic mass is 35.5. The molecule has 0 aliphatic carbocycles. The third-order valence-corrected chi connectivity index (χ3v) is 2.90. The second-order valence-electron chi connectivity index (χ2n) is 3.80. The molecule has 0 aromatic carbocycles. The van der Waals surface area contributed by atoms with Crippen molar-refractivity contribution in [2.45, 2.75) is 0 Å². The van der Waals surface area contributed by atoms with Crippen LogP contribution in [0.2, 0.25) is 5.28 Å². The van der Waals surface area contributed by atoms with E-state index in [2.05, 4.69) is 15.0 Å². The van der Waals surface area contributed by atoms with E-state index in [-0.39, 0.29) is 16.8 Å². The van der Waals surface area contributed by atoms with Gasteiger partial charge in [-0.15, -0.1) is 0 Å². The molecule has 114 valence electrons. The van der Waals surface area contributed by atoms with Gasteiger partial charge in [-0.05, 0) is 17.7 Å². The molecular weight excluding hydrogens is 322 g/mol. The Bertz CT molecular complexity index is 716. The first-order valence-corrected chi connectivity index (χ1v) is 7.15. The number of amides is 1. The molecule has 2 heterocycles. The number of rotatable bonds is 3. The van der Waals surface area contributed by atoms with Crippen LogP contribution in [0.25, 0.3) is 11.5 Å². The third-order valence-electron chi connectivity index (χ3n) is 1.92. The summed E-state index contributed by atoms with van der Waals surface area (Å²) >= 11 is 5.56. The second kappa shape index (κ2) is 7.11. The maximum Gasteiger partial charge on any atom is 0.365 e. The number of carbonyl (C=O) groups is 1. The zero-order chi connectivity index (χ0) is 16.0. The lowest BCUT2D eigenvalue weighted by Gasteiger charge is -2.02. The summed E-state index contributed by atoms with van der Waals surface area (Å²) in [7, 11) is -1.03. The largest absolute Gasteiger partial charge is 0.365 e. The average Bonchev–Trinajstić information content (AvgIpc) is 2.88. The monoisotopic (exact) mass is 333 g/mol. The van der Waals surface area contributed by atoms with E-state index in [1.807, 2.05) is 0 Å². The molecule has 21 heavy (non-hydrogen) atoms. The topological polar surface area (TPSA) is 118 Å². The molecule has 0 bridgehead atoms. The minimum Gasteiger partial charge on any atom is -0.351 e. The number of imidazole rings is 1. The molecule has 1 amide bonds. The Balaban J connectivity index is 0.000000383. The van der Waals surface area contributed by atoms with Gasteiger partial charge in [-0.2, -0.15) is 8.42 Å². The van der Waals surface area contributed by atoms with Crippen LogP contribution >= 0.6 is 11.6 Å². The summed E-state index contributed by atoms with van der Waals surface area (Å²) in [5.41, 5.74) is 0.197. The summed E-state index contributed by atoms with van der Waals surface area (Å²) in [6.45, 7) is 0. The van der Waals surface area contributed by atoms with E-state index in [9.17, 15) is 13.2 Å². The van der Waals surface area contributed by atoms with E-state index >= 15 is 0 Å². The summed E-state index contributed by atoms with van der Waals surface area (Å²) in [5.74, 6) is -0.0354. The summed E-state index contributed by atoms with van der Waals surface area (Å²) in [4.78, 5) is 22.1. The van der Waals surface area contributed by atoms with Crippen molar-refractivity contribution in [1.29, 1.82) is 0 Å². The van der Waals surface area contributed by atoms with Gasteiger partial charge < -0.3 is 4.90 Å². The van der Waals surface area contributed by atoms with Crippen LogP contribution in [0.5, 0.6) is 0 Å². The highest BCUT2D eigenvalue weighted by Crippen LogP contribution is 2.16. The number of hydrogen-bond acceptors (Lipinski definition) is 6. The lowest BCUT2D eigenvalue weighted by atomic mass is 10.4. The van der Waals surface area contributed by atoms with E-state index in [4.69, 9.17) is 16.2 Å². The highest BCUT2D eigenvalue weighted by molar-refractivity contribution is 7.84. The minimum atomic E-state index is -4.40. The number of carbonyl (C=O) groups excluding carboxylic acids is 1. The molecule has 2 aromatic rings. The molecule has 0 atom stereocenters. The van der Waals surface area contributed by atoms with Crippen molar-refractivity contribution in [1.82, 2.24) is 23.8 Å². The molecule has 11 heteroatoms. The molecule has 0 radical (unpaired) electrons. The Kier molecular flexibility index (Phi) is 5.76. The predicted molar refractivity (Wildman–Crippen MR) is 75.0 cm³/mol. The molecule has 0 saturated carbocycles. The summed E-state index contributed by atoms with van der Waals surface area (Å²) in [5, 5.41) is -0.0395. The first kappa shape index (κ1) is 17.0. The van der Waals surface area contributed by atoms with Crippen LogP contribution in [0, 0.1) is 0 Å².